The zero-order valence-electron chi connectivity index (χ0n) is 11.7. The van der Waals surface area contributed by atoms with Crippen molar-refractivity contribution in [3.05, 3.63) is 0 Å². The van der Waals surface area contributed by atoms with E-state index in [0.29, 0.717) is 11.5 Å². The molecule has 2 rings (SSSR count). The van der Waals surface area contributed by atoms with Crippen LogP contribution >= 0.6 is 0 Å². The molecule has 0 spiro atoms. The highest BCUT2D eigenvalue weighted by molar-refractivity contribution is 4.89. The van der Waals surface area contributed by atoms with Crippen LogP contribution < -0.4 is 5.32 Å². The molecule has 3 heteroatoms. The lowest BCUT2D eigenvalue weighted by Gasteiger charge is -2.41. The van der Waals surface area contributed by atoms with Gasteiger partial charge in [-0.25, -0.2) is 0 Å². The Morgan fingerprint density at radius 1 is 1.47 bits per heavy atom. The predicted molar refractivity (Wildman–Crippen MR) is 71.2 cm³/mol. The van der Waals surface area contributed by atoms with Crippen LogP contribution in [0.4, 0.5) is 0 Å². The van der Waals surface area contributed by atoms with Crippen molar-refractivity contribution in [3.63, 3.8) is 0 Å². The van der Waals surface area contributed by atoms with Gasteiger partial charge in [0.25, 0.3) is 0 Å². The third kappa shape index (κ3) is 3.67. The molecule has 0 aromatic rings. The first-order chi connectivity index (χ1) is 8.09. The monoisotopic (exact) mass is 240 g/mol. The molecular formula is C14H28N2O. The van der Waals surface area contributed by atoms with Gasteiger partial charge in [-0.05, 0) is 30.7 Å². The molecular weight excluding hydrogens is 212 g/mol. The second-order valence-electron chi connectivity index (χ2n) is 6.57. The molecule has 0 amide bonds. The standard InChI is InChI=1S/C14H28N2O/c1-12(2)8-13-9-17-7-6-16(13)11-14(3)4-5-15-10-14/h12-13,15H,4-11H2,1-3H3. The van der Waals surface area contributed by atoms with Crippen LogP contribution in [0.15, 0.2) is 0 Å². The average molecular weight is 240 g/mol. The molecule has 2 aliphatic rings. The summed E-state index contributed by atoms with van der Waals surface area (Å²) in [6.07, 6.45) is 2.59. The maximum absolute atomic E-state index is 5.65. The summed E-state index contributed by atoms with van der Waals surface area (Å²) in [5.41, 5.74) is 0.479. The van der Waals surface area contributed by atoms with E-state index in [0.717, 1.165) is 25.7 Å². The van der Waals surface area contributed by atoms with Gasteiger partial charge >= 0.3 is 0 Å². The molecule has 1 N–H and O–H groups in total. The van der Waals surface area contributed by atoms with Crippen LogP contribution in [0.3, 0.4) is 0 Å². The molecule has 2 aliphatic heterocycles. The Morgan fingerprint density at radius 3 is 2.94 bits per heavy atom. The van der Waals surface area contributed by atoms with Gasteiger partial charge in [-0.1, -0.05) is 20.8 Å². The molecule has 2 saturated heterocycles. The fraction of sp³-hybridized carbons (Fsp3) is 1.00. The molecule has 2 atom stereocenters. The molecule has 100 valence electrons. The Hall–Kier alpha value is -0.120. The zero-order valence-corrected chi connectivity index (χ0v) is 11.7. The van der Waals surface area contributed by atoms with Gasteiger partial charge in [0, 0.05) is 25.7 Å². The smallest absolute Gasteiger partial charge is 0.0622 e. The highest BCUT2D eigenvalue weighted by atomic mass is 16.5. The number of nitrogens with one attached hydrogen (secondary N) is 1. The summed E-state index contributed by atoms with van der Waals surface area (Å²) in [5, 5.41) is 3.50. The lowest BCUT2D eigenvalue weighted by atomic mass is 9.88. The van der Waals surface area contributed by atoms with E-state index in [1.165, 1.54) is 32.5 Å². The Bertz CT molecular complexity index is 236. The summed E-state index contributed by atoms with van der Waals surface area (Å²) in [6.45, 7) is 13.6. The van der Waals surface area contributed by atoms with Crippen LogP contribution in [-0.4, -0.2) is 50.3 Å². The second-order valence-corrected chi connectivity index (χ2v) is 6.57. The molecule has 0 saturated carbocycles. The number of rotatable bonds is 4. The predicted octanol–water partition coefficient (Wildman–Crippen LogP) is 1.73. The minimum absolute atomic E-state index is 0.479. The minimum Gasteiger partial charge on any atom is -0.378 e. The summed E-state index contributed by atoms with van der Waals surface area (Å²) < 4.78 is 5.65. The van der Waals surface area contributed by atoms with Gasteiger partial charge in [0.15, 0.2) is 0 Å². The van der Waals surface area contributed by atoms with Crippen LogP contribution in [0.5, 0.6) is 0 Å². The summed E-state index contributed by atoms with van der Waals surface area (Å²) >= 11 is 0. The van der Waals surface area contributed by atoms with Crippen LogP contribution in [0.2, 0.25) is 0 Å². The molecule has 2 fully saturated rings. The van der Waals surface area contributed by atoms with E-state index in [4.69, 9.17) is 4.74 Å². The van der Waals surface area contributed by atoms with E-state index in [1.807, 2.05) is 0 Å². The van der Waals surface area contributed by atoms with E-state index >= 15 is 0 Å². The lowest BCUT2D eigenvalue weighted by Crippen LogP contribution is -2.50. The largest absolute Gasteiger partial charge is 0.378 e. The van der Waals surface area contributed by atoms with Crippen molar-refractivity contribution < 1.29 is 4.74 Å². The number of ether oxygens (including phenoxy) is 1. The van der Waals surface area contributed by atoms with E-state index in [-0.39, 0.29) is 0 Å². The normalized spacial score (nSPS) is 35.6. The van der Waals surface area contributed by atoms with Crippen molar-refractivity contribution in [2.24, 2.45) is 11.3 Å². The van der Waals surface area contributed by atoms with E-state index < -0.39 is 0 Å². The maximum Gasteiger partial charge on any atom is 0.0622 e. The highest BCUT2D eigenvalue weighted by Gasteiger charge is 2.34. The van der Waals surface area contributed by atoms with E-state index in [9.17, 15) is 0 Å². The Kier molecular flexibility index (Phi) is 4.45. The average Bonchev–Trinajstić information content (AvgIpc) is 2.67. The fourth-order valence-electron chi connectivity index (χ4n) is 3.15. The molecule has 0 aromatic carbocycles. The third-order valence-corrected chi connectivity index (χ3v) is 4.13. The minimum atomic E-state index is 0.479. The van der Waals surface area contributed by atoms with E-state index in [1.54, 1.807) is 0 Å². The van der Waals surface area contributed by atoms with Crippen molar-refractivity contribution in [2.75, 3.05) is 39.4 Å². The van der Waals surface area contributed by atoms with Crippen LogP contribution in [0, 0.1) is 11.3 Å². The second kappa shape index (κ2) is 5.68. The van der Waals surface area contributed by atoms with Gasteiger partial charge < -0.3 is 10.1 Å². The maximum atomic E-state index is 5.65. The Morgan fingerprint density at radius 2 is 2.29 bits per heavy atom. The van der Waals surface area contributed by atoms with Crippen LogP contribution in [-0.2, 0) is 4.74 Å². The molecule has 0 bridgehead atoms. The number of morpholine rings is 1. The SMILES string of the molecule is CC(C)CC1COCCN1CC1(C)CCNC1. The summed E-state index contributed by atoms with van der Waals surface area (Å²) in [6, 6.07) is 0.640. The van der Waals surface area contributed by atoms with Crippen molar-refractivity contribution in [1.82, 2.24) is 10.2 Å². The fourth-order valence-corrected chi connectivity index (χ4v) is 3.15. The van der Waals surface area contributed by atoms with Crippen molar-refractivity contribution in [2.45, 2.75) is 39.7 Å². The highest BCUT2D eigenvalue weighted by Crippen LogP contribution is 2.28. The zero-order chi connectivity index (χ0) is 12.3. The summed E-state index contributed by atoms with van der Waals surface area (Å²) in [4.78, 5) is 2.68. The Labute approximate surface area is 106 Å². The first-order valence-electron chi connectivity index (χ1n) is 7.12. The van der Waals surface area contributed by atoms with Crippen LogP contribution in [0.25, 0.3) is 0 Å². The number of hydrogen-bond donors (Lipinski definition) is 1. The summed E-state index contributed by atoms with van der Waals surface area (Å²) in [7, 11) is 0. The summed E-state index contributed by atoms with van der Waals surface area (Å²) in [5.74, 6) is 0.763. The van der Waals surface area contributed by atoms with Crippen molar-refractivity contribution >= 4 is 0 Å². The molecule has 2 heterocycles. The topological polar surface area (TPSA) is 24.5 Å². The third-order valence-electron chi connectivity index (χ3n) is 4.13. The molecule has 2 unspecified atom stereocenters. The van der Waals surface area contributed by atoms with E-state index in [2.05, 4.69) is 31.0 Å². The van der Waals surface area contributed by atoms with Gasteiger partial charge in [0.05, 0.1) is 13.2 Å². The molecule has 0 radical (unpaired) electrons. The Balaban J connectivity index is 1.91. The lowest BCUT2D eigenvalue weighted by molar-refractivity contribution is -0.0291. The molecule has 0 aromatic heterocycles. The first-order valence-corrected chi connectivity index (χ1v) is 7.12. The molecule has 0 aliphatic carbocycles. The number of nitrogens with zero attached hydrogens (tertiary/aromatic N) is 1. The van der Waals surface area contributed by atoms with Crippen molar-refractivity contribution in [1.29, 1.82) is 0 Å². The van der Waals surface area contributed by atoms with Gasteiger partial charge in [-0.3, -0.25) is 4.90 Å². The quantitative estimate of drug-likeness (QED) is 0.810. The van der Waals surface area contributed by atoms with Crippen molar-refractivity contribution in [3.8, 4) is 0 Å². The van der Waals surface area contributed by atoms with Gasteiger partial charge in [0.1, 0.15) is 0 Å². The first kappa shape index (κ1) is 13.3. The van der Waals surface area contributed by atoms with Gasteiger partial charge in [0.2, 0.25) is 0 Å². The molecule has 17 heavy (non-hydrogen) atoms. The van der Waals surface area contributed by atoms with Gasteiger partial charge in [-0.15, -0.1) is 0 Å². The van der Waals surface area contributed by atoms with Gasteiger partial charge in [-0.2, -0.15) is 0 Å². The van der Waals surface area contributed by atoms with Crippen LogP contribution in [0.1, 0.15) is 33.6 Å². The number of hydrogen-bond acceptors (Lipinski definition) is 3. The molecule has 3 nitrogen and oxygen atoms in total.